The van der Waals surface area contributed by atoms with Crippen LogP contribution in [0.3, 0.4) is 0 Å². The normalized spacial score (nSPS) is 23.0. The van der Waals surface area contributed by atoms with Gasteiger partial charge in [0.15, 0.2) is 0 Å². The Balaban J connectivity index is 1.87. The number of rotatable bonds is 2. The lowest BCUT2D eigenvalue weighted by molar-refractivity contribution is 0.372. The van der Waals surface area contributed by atoms with E-state index in [1.165, 1.54) is 60.9 Å². The summed E-state index contributed by atoms with van der Waals surface area (Å²) < 4.78 is 9.12. The van der Waals surface area contributed by atoms with Crippen molar-refractivity contribution in [3.63, 3.8) is 0 Å². The molecule has 0 N–H and O–H groups in total. The van der Waals surface area contributed by atoms with Crippen LogP contribution in [0.1, 0.15) is 49.4 Å². The van der Waals surface area contributed by atoms with Crippen molar-refractivity contribution in [2.45, 2.75) is 38.0 Å². The largest absolute Gasteiger partial charge is 0.302 e. The van der Waals surface area contributed by atoms with Gasteiger partial charge in [0.25, 0.3) is 0 Å². The molecule has 2 aliphatic rings. The third-order valence-electron chi connectivity index (χ3n) is 3.90. The van der Waals surface area contributed by atoms with Crippen LogP contribution in [0.5, 0.6) is 0 Å². The highest BCUT2D eigenvalue weighted by Crippen LogP contribution is 2.37. The van der Waals surface area contributed by atoms with Gasteiger partial charge in [0, 0.05) is 19.0 Å². The number of aromatic nitrogens is 2. The quantitative estimate of drug-likeness (QED) is 0.807. The average molecular weight is 249 g/mol. The molecule has 0 radical (unpaired) electrons. The minimum absolute atomic E-state index is 0.678. The Morgan fingerprint density at radius 2 is 2.12 bits per heavy atom. The smallest absolute Gasteiger partial charge is 0.105 e. The van der Waals surface area contributed by atoms with Crippen LogP contribution in [0.25, 0.3) is 5.57 Å². The summed E-state index contributed by atoms with van der Waals surface area (Å²) in [5.74, 6) is 0.678. The highest BCUT2D eigenvalue weighted by atomic mass is 32.1. The van der Waals surface area contributed by atoms with E-state index in [0.29, 0.717) is 5.92 Å². The fourth-order valence-electron chi connectivity index (χ4n) is 2.95. The third kappa shape index (κ3) is 2.29. The lowest BCUT2D eigenvalue weighted by atomic mass is 9.97. The highest BCUT2D eigenvalue weighted by molar-refractivity contribution is 6.99. The van der Waals surface area contributed by atoms with Crippen molar-refractivity contribution in [2.75, 3.05) is 20.1 Å². The van der Waals surface area contributed by atoms with Gasteiger partial charge in [0.05, 0.1) is 17.4 Å². The highest BCUT2D eigenvalue weighted by Gasteiger charge is 2.25. The molecule has 1 fully saturated rings. The second-order valence-corrected chi connectivity index (χ2v) is 5.76. The molecule has 0 unspecified atom stereocenters. The molecule has 17 heavy (non-hydrogen) atoms. The molecule has 1 aliphatic heterocycles. The van der Waals surface area contributed by atoms with E-state index in [1.54, 1.807) is 0 Å². The predicted octanol–water partition coefficient (Wildman–Crippen LogP) is 2.91. The number of nitrogens with zero attached hydrogens (tertiary/aromatic N) is 3. The molecule has 1 aromatic rings. The minimum atomic E-state index is 0.678. The Kier molecular flexibility index (Phi) is 3.25. The molecular formula is C13H19N3S. The van der Waals surface area contributed by atoms with Gasteiger partial charge in [-0.05, 0) is 31.9 Å². The molecule has 4 heteroatoms. The Hall–Kier alpha value is -0.740. The molecule has 0 aromatic carbocycles. The van der Waals surface area contributed by atoms with Crippen LogP contribution in [0.15, 0.2) is 6.08 Å². The molecule has 1 aromatic heterocycles. The van der Waals surface area contributed by atoms with Gasteiger partial charge in [0.2, 0.25) is 0 Å². The SMILES string of the molecule is CN1CCC=C(c2nsnc2C2CCCC2)C1. The van der Waals surface area contributed by atoms with Crippen molar-refractivity contribution in [3.05, 3.63) is 17.5 Å². The molecule has 1 saturated carbocycles. The Bertz CT molecular complexity index is 418. The van der Waals surface area contributed by atoms with Crippen molar-refractivity contribution in [1.82, 2.24) is 13.6 Å². The summed E-state index contributed by atoms with van der Waals surface area (Å²) in [5.41, 5.74) is 3.89. The molecule has 0 spiro atoms. The van der Waals surface area contributed by atoms with E-state index < -0.39 is 0 Å². The monoisotopic (exact) mass is 249 g/mol. The van der Waals surface area contributed by atoms with E-state index in [4.69, 9.17) is 0 Å². The van der Waals surface area contributed by atoms with Crippen LogP contribution >= 0.6 is 11.7 Å². The maximum absolute atomic E-state index is 4.57. The van der Waals surface area contributed by atoms with Gasteiger partial charge in [-0.15, -0.1) is 0 Å². The van der Waals surface area contributed by atoms with Crippen molar-refractivity contribution >= 4 is 17.3 Å². The molecule has 0 atom stereocenters. The Labute approximate surface area is 107 Å². The minimum Gasteiger partial charge on any atom is -0.302 e. The molecule has 1 aliphatic carbocycles. The lowest BCUT2D eigenvalue weighted by Gasteiger charge is -2.22. The maximum atomic E-state index is 4.57. The van der Waals surface area contributed by atoms with Gasteiger partial charge in [-0.2, -0.15) is 8.75 Å². The molecule has 0 amide bonds. The number of hydrogen-bond donors (Lipinski definition) is 0. The zero-order chi connectivity index (χ0) is 11.7. The van der Waals surface area contributed by atoms with Gasteiger partial charge in [-0.25, -0.2) is 0 Å². The van der Waals surface area contributed by atoms with Gasteiger partial charge in [-0.3, -0.25) is 0 Å². The first-order chi connectivity index (χ1) is 8.34. The predicted molar refractivity (Wildman–Crippen MR) is 71.2 cm³/mol. The average Bonchev–Trinajstić information content (AvgIpc) is 3.00. The Morgan fingerprint density at radius 3 is 2.88 bits per heavy atom. The summed E-state index contributed by atoms with van der Waals surface area (Å²) >= 11 is 1.39. The molecule has 0 bridgehead atoms. The van der Waals surface area contributed by atoms with E-state index in [9.17, 15) is 0 Å². The number of hydrogen-bond acceptors (Lipinski definition) is 4. The molecule has 0 saturated heterocycles. The lowest BCUT2D eigenvalue weighted by Crippen LogP contribution is -2.25. The van der Waals surface area contributed by atoms with Crippen LogP contribution in [0, 0.1) is 0 Å². The van der Waals surface area contributed by atoms with Crippen LogP contribution in [-0.2, 0) is 0 Å². The zero-order valence-corrected chi connectivity index (χ0v) is 11.2. The number of likely N-dealkylation sites (N-methyl/N-ethyl adjacent to an activating group) is 1. The maximum Gasteiger partial charge on any atom is 0.105 e. The van der Waals surface area contributed by atoms with Crippen molar-refractivity contribution in [1.29, 1.82) is 0 Å². The Morgan fingerprint density at radius 1 is 1.29 bits per heavy atom. The van der Waals surface area contributed by atoms with E-state index in [-0.39, 0.29) is 0 Å². The first kappa shape index (κ1) is 11.4. The summed E-state index contributed by atoms with van der Waals surface area (Å²) in [6.45, 7) is 2.20. The second-order valence-electron chi connectivity index (χ2n) is 5.24. The summed E-state index contributed by atoms with van der Waals surface area (Å²) in [5, 5.41) is 0. The van der Waals surface area contributed by atoms with Crippen LogP contribution in [-0.4, -0.2) is 33.8 Å². The third-order valence-corrected chi connectivity index (χ3v) is 4.44. The van der Waals surface area contributed by atoms with Gasteiger partial charge < -0.3 is 4.90 Å². The van der Waals surface area contributed by atoms with Crippen LogP contribution in [0.2, 0.25) is 0 Å². The molecule has 3 rings (SSSR count). The first-order valence-electron chi connectivity index (χ1n) is 6.55. The van der Waals surface area contributed by atoms with Gasteiger partial charge in [-0.1, -0.05) is 18.9 Å². The first-order valence-corrected chi connectivity index (χ1v) is 7.28. The summed E-state index contributed by atoms with van der Waals surface area (Å²) in [6.07, 6.45) is 8.84. The fourth-order valence-corrected chi connectivity index (χ4v) is 3.61. The standard InChI is InChI=1S/C13H19N3S/c1-16-8-4-7-11(9-16)13-12(14-17-15-13)10-5-2-3-6-10/h7,10H,2-6,8-9H2,1H3. The van der Waals surface area contributed by atoms with Crippen molar-refractivity contribution in [2.24, 2.45) is 0 Å². The van der Waals surface area contributed by atoms with Gasteiger partial charge >= 0.3 is 0 Å². The molecular weight excluding hydrogens is 230 g/mol. The topological polar surface area (TPSA) is 29.0 Å². The second kappa shape index (κ2) is 4.86. The van der Waals surface area contributed by atoms with E-state index in [0.717, 1.165) is 13.0 Å². The summed E-state index contributed by atoms with van der Waals surface area (Å²) in [7, 11) is 2.18. The fraction of sp³-hybridized carbons (Fsp3) is 0.692. The molecule has 3 nitrogen and oxygen atoms in total. The summed E-state index contributed by atoms with van der Waals surface area (Å²) in [6, 6.07) is 0. The zero-order valence-electron chi connectivity index (χ0n) is 10.4. The van der Waals surface area contributed by atoms with E-state index >= 15 is 0 Å². The molecule has 92 valence electrons. The van der Waals surface area contributed by atoms with Crippen molar-refractivity contribution < 1.29 is 0 Å². The van der Waals surface area contributed by atoms with Crippen LogP contribution in [0.4, 0.5) is 0 Å². The van der Waals surface area contributed by atoms with Crippen LogP contribution < -0.4 is 0 Å². The summed E-state index contributed by atoms with van der Waals surface area (Å²) in [4.78, 5) is 2.37. The molecule has 2 heterocycles. The van der Waals surface area contributed by atoms with E-state index in [2.05, 4.69) is 26.8 Å². The van der Waals surface area contributed by atoms with Gasteiger partial charge in [0.1, 0.15) is 5.69 Å². The van der Waals surface area contributed by atoms with Crippen molar-refractivity contribution in [3.8, 4) is 0 Å². The van der Waals surface area contributed by atoms with E-state index in [1.807, 2.05) is 0 Å².